The summed E-state index contributed by atoms with van der Waals surface area (Å²) in [7, 11) is 0. The van der Waals surface area contributed by atoms with E-state index < -0.39 is 0 Å². The summed E-state index contributed by atoms with van der Waals surface area (Å²) in [6.45, 7) is 2.51. The van der Waals surface area contributed by atoms with Crippen LogP contribution in [0.4, 0.5) is 5.82 Å². The van der Waals surface area contributed by atoms with Crippen LogP contribution in [0.25, 0.3) is 5.65 Å². The monoisotopic (exact) mass is 315 g/mol. The largest absolute Gasteiger partial charge is 0.376 e. The van der Waals surface area contributed by atoms with E-state index in [0.717, 1.165) is 44.0 Å². The molecule has 1 saturated heterocycles. The van der Waals surface area contributed by atoms with Gasteiger partial charge in [-0.15, -0.1) is 21.5 Å². The van der Waals surface area contributed by atoms with E-state index in [4.69, 9.17) is 4.74 Å². The average Bonchev–Trinajstić information content (AvgIpc) is 3.28. The van der Waals surface area contributed by atoms with Gasteiger partial charge in [-0.3, -0.25) is 4.40 Å². The van der Waals surface area contributed by atoms with Crippen molar-refractivity contribution in [3.63, 3.8) is 0 Å². The van der Waals surface area contributed by atoms with E-state index in [1.807, 2.05) is 10.6 Å². The maximum atomic E-state index is 5.81. The van der Waals surface area contributed by atoms with Crippen LogP contribution in [0.5, 0.6) is 0 Å². The molecule has 3 aromatic heterocycles. The fourth-order valence-electron chi connectivity index (χ4n) is 2.82. The van der Waals surface area contributed by atoms with E-state index >= 15 is 0 Å². The third-order valence-corrected chi connectivity index (χ3v) is 4.73. The highest BCUT2D eigenvalue weighted by atomic mass is 32.1. The van der Waals surface area contributed by atoms with Crippen LogP contribution in [0.3, 0.4) is 0 Å². The number of aromatic nitrogens is 4. The van der Waals surface area contributed by atoms with E-state index in [-0.39, 0.29) is 6.10 Å². The Morgan fingerprint density at radius 2 is 2.45 bits per heavy atom. The van der Waals surface area contributed by atoms with Crippen molar-refractivity contribution in [3.8, 4) is 0 Å². The summed E-state index contributed by atoms with van der Waals surface area (Å²) in [5.74, 6) is 0.865. The number of anilines is 1. The summed E-state index contributed by atoms with van der Waals surface area (Å²) >= 11 is 1.76. The van der Waals surface area contributed by atoms with Gasteiger partial charge in [0.2, 0.25) is 5.65 Å². The summed E-state index contributed by atoms with van der Waals surface area (Å²) in [5, 5.41) is 10.3. The Morgan fingerprint density at radius 3 is 3.27 bits per heavy atom. The molecule has 0 aliphatic carbocycles. The Bertz CT molecular complexity index is 735. The lowest BCUT2D eigenvalue weighted by atomic mass is 10.2. The molecule has 1 aliphatic rings. The minimum absolute atomic E-state index is 0.268. The molecule has 4 heterocycles. The molecule has 1 aliphatic heterocycles. The van der Waals surface area contributed by atoms with Gasteiger partial charge in [-0.05, 0) is 24.3 Å². The van der Waals surface area contributed by atoms with Crippen molar-refractivity contribution < 1.29 is 4.74 Å². The molecule has 0 radical (unpaired) electrons. The van der Waals surface area contributed by atoms with Gasteiger partial charge in [0.25, 0.3) is 0 Å². The zero-order chi connectivity index (χ0) is 14.8. The summed E-state index contributed by atoms with van der Waals surface area (Å²) in [5.41, 5.74) is 0.789. The van der Waals surface area contributed by atoms with Crippen molar-refractivity contribution >= 4 is 22.8 Å². The SMILES string of the molecule is c1csc(CN(C[C@@H]2CCCO2)c2nccn3cnnc23)c1. The third-order valence-electron chi connectivity index (χ3n) is 3.87. The molecule has 3 aromatic rings. The van der Waals surface area contributed by atoms with Gasteiger partial charge >= 0.3 is 0 Å². The number of ether oxygens (including phenoxy) is 1. The first-order valence-corrected chi connectivity index (χ1v) is 8.31. The normalized spacial score (nSPS) is 18.1. The molecule has 0 N–H and O–H groups in total. The zero-order valence-electron chi connectivity index (χ0n) is 12.1. The smallest absolute Gasteiger partial charge is 0.203 e. The first-order valence-electron chi connectivity index (χ1n) is 7.43. The highest BCUT2D eigenvalue weighted by Crippen LogP contribution is 2.23. The Labute approximate surface area is 132 Å². The van der Waals surface area contributed by atoms with Crippen molar-refractivity contribution in [3.05, 3.63) is 41.1 Å². The van der Waals surface area contributed by atoms with Gasteiger partial charge in [-0.1, -0.05) is 6.07 Å². The topological polar surface area (TPSA) is 55.5 Å². The second kappa shape index (κ2) is 6.02. The number of hydrogen-bond donors (Lipinski definition) is 0. The first-order chi connectivity index (χ1) is 10.9. The quantitative estimate of drug-likeness (QED) is 0.723. The molecule has 0 amide bonds. The molecular weight excluding hydrogens is 298 g/mol. The lowest BCUT2D eigenvalue weighted by Crippen LogP contribution is -2.32. The van der Waals surface area contributed by atoms with Crippen LogP contribution in [-0.2, 0) is 11.3 Å². The van der Waals surface area contributed by atoms with Gasteiger partial charge in [0, 0.05) is 30.4 Å². The molecule has 22 heavy (non-hydrogen) atoms. The van der Waals surface area contributed by atoms with Crippen LogP contribution in [0.1, 0.15) is 17.7 Å². The summed E-state index contributed by atoms with van der Waals surface area (Å²) in [4.78, 5) is 8.12. The molecule has 0 bridgehead atoms. The summed E-state index contributed by atoms with van der Waals surface area (Å²) in [6.07, 6.45) is 7.88. The van der Waals surface area contributed by atoms with Gasteiger partial charge < -0.3 is 9.64 Å². The Morgan fingerprint density at radius 1 is 1.45 bits per heavy atom. The van der Waals surface area contributed by atoms with Crippen LogP contribution >= 0.6 is 11.3 Å². The van der Waals surface area contributed by atoms with Crippen molar-refractivity contribution in [2.75, 3.05) is 18.1 Å². The average molecular weight is 315 g/mol. The lowest BCUT2D eigenvalue weighted by molar-refractivity contribution is 0.115. The fourth-order valence-corrected chi connectivity index (χ4v) is 3.54. The molecular formula is C15H17N5OS. The van der Waals surface area contributed by atoms with Crippen molar-refractivity contribution in [1.82, 2.24) is 19.6 Å². The van der Waals surface area contributed by atoms with Gasteiger partial charge in [0.15, 0.2) is 5.82 Å². The number of rotatable bonds is 5. The van der Waals surface area contributed by atoms with Gasteiger partial charge in [-0.2, -0.15) is 0 Å². The maximum absolute atomic E-state index is 5.81. The summed E-state index contributed by atoms with van der Waals surface area (Å²) < 4.78 is 7.71. The van der Waals surface area contributed by atoms with Crippen LogP contribution < -0.4 is 4.90 Å². The van der Waals surface area contributed by atoms with Crippen LogP contribution in [0.2, 0.25) is 0 Å². The number of thiophene rings is 1. The van der Waals surface area contributed by atoms with Gasteiger partial charge in [-0.25, -0.2) is 4.98 Å². The van der Waals surface area contributed by atoms with Gasteiger partial charge in [0.1, 0.15) is 6.33 Å². The molecule has 0 aromatic carbocycles. The minimum atomic E-state index is 0.268. The number of fused-ring (bicyclic) bond motifs is 1. The predicted molar refractivity (Wildman–Crippen MR) is 85.1 cm³/mol. The van der Waals surface area contributed by atoms with E-state index in [0.29, 0.717) is 0 Å². The third kappa shape index (κ3) is 2.69. The highest BCUT2D eigenvalue weighted by Gasteiger charge is 2.22. The fraction of sp³-hybridized carbons (Fsp3) is 0.400. The van der Waals surface area contributed by atoms with Crippen LogP contribution in [-0.4, -0.2) is 38.8 Å². The molecule has 4 rings (SSSR count). The molecule has 0 saturated carbocycles. The zero-order valence-corrected chi connectivity index (χ0v) is 12.9. The molecule has 7 heteroatoms. The molecule has 0 unspecified atom stereocenters. The molecule has 0 spiro atoms. The second-order valence-corrected chi connectivity index (χ2v) is 6.44. The van der Waals surface area contributed by atoms with E-state index in [1.165, 1.54) is 4.88 Å². The van der Waals surface area contributed by atoms with Crippen molar-refractivity contribution in [1.29, 1.82) is 0 Å². The standard InChI is InChI=1S/C15H17N5OS/c1-3-12(21-7-1)9-20(10-13-4-2-8-22-13)14-15-18-17-11-19(15)6-5-16-14/h2,4-6,8,11-12H,1,3,7,9-10H2/t12-/m0/s1. The van der Waals surface area contributed by atoms with E-state index in [2.05, 4.69) is 37.6 Å². The predicted octanol–water partition coefficient (Wildman–Crippen LogP) is 2.37. The molecule has 1 atom stereocenters. The Balaban J connectivity index is 1.67. The van der Waals surface area contributed by atoms with Crippen LogP contribution in [0.15, 0.2) is 36.2 Å². The number of hydrogen-bond acceptors (Lipinski definition) is 6. The Hall–Kier alpha value is -1.99. The number of nitrogens with zero attached hydrogens (tertiary/aromatic N) is 5. The van der Waals surface area contributed by atoms with Crippen molar-refractivity contribution in [2.24, 2.45) is 0 Å². The molecule has 1 fully saturated rings. The molecule has 114 valence electrons. The lowest BCUT2D eigenvalue weighted by Gasteiger charge is -2.26. The highest BCUT2D eigenvalue weighted by molar-refractivity contribution is 7.09. The van der Waals surface area contributed by atoms with Gasteiger partial charge in [0.05, 0.1) is 12.6 Å². The second-order valence-electron chi connectivity index (χ2n) is 5.41. The van der Waals surface area contributed by atoms with E-state index in [9.17, 15) is 0 Å². The van der Waals surface area contributed by atoms with E-state index in [1.54, 1.807) is 23.9 Å². The minimum Gasteiger partial charge on any atom is -0.376 e. The molecule has 6 nitrogen and oxygen atoms in total. The van der Waals surface area contributed by atoms with Crippen molar-refractivity contribution in [2.45, 2.75) is 25.5 Å². The maximum Gasteiger partial charge on any atom is 0.203 e. The first kappa shape index (κ1) is 13.7. The Kier molecular flexibility index (Phi) is 3.74. The van der Waals surface area contributed by atoms with Crippen LogP contribution in [0, 0.1) is 0 Å². The summed E-state index contributed by atoms with van der Waals surface area (Å²) in [6, 6.07) is 4.23.